The molecule has 0 bridgehead atoms. The molecule has 0 rings (SSSR count). The average Bonchev–Trinajstić information content (AvgIpc) is 3.24. The number of rotatable bonds is 48. The number of ether oxygens (including phenoxy) is 3. The molecule has 0 fully saturated rings. The molecule has 0 N–H and O–H groups in total. The van der Waals surface area contributed by atoms with Gasteiger partial charge in [0.2, 0.25) is 0 Å². The van der Waals surface area contributed by atoms with Gasteiger partial charge in [-0.1, -0.05) is 260 Å². The third-order valence-corrected chi connectivity index (χ3v) is 13.1. The van der Waals surface area contributed by atoms with Gasteiger partial charge in [0.05, 0.1) is 0 Å². The van der Waals surface area contributed by atoms with Crippen LogP contribution in [0.2, 0.25) is 0 Å². The van der Waals surface area contributed by atoms with E-state index in [9.17, 15) is 14.4 Å². The molecule has 3 atom stereocenters. The average molecular weight is 863 g/mol. The second-order valence-electron chi connectivity index (χ2n) is 19.8. The minimum atomic E-state index is -0.763. The Morgan fingerprint density at radius 1 is 0.328 bits per heavy atom. The van der Waals surface area contributed by atoms with Crippen molar-refractivity contribution in [2.45, 2.75) is 304 Å². The van der Waals surface area contributed by atoms with Crippen LogP contribution in [-0.2, 0) is 28.6 Å². The molecule has 0 heterocycles. The molecular weight excluding hydrogens is 757 g/mol. The van der Waals surface area contributed by atoms with Crippen LogP contribution in [0, 0.1) is 17.8 Å². The Balaban J connectivity index is 4.32. The molecule has 0 aromatic rings. The van der Waals surface area contributed by atoms with Gasteiger partial charge in [0, 0.05) is 19.3 Å². The van der Waals surface area contributed by atoms with E-state index in [0.29, 0.717) is 19.3 Å². The summed E-state index contributed by atoms with van der Waals surface area (Å²) in [6, 6.07) is 0. The molecule has 6 heteroatoms. The molecule has 362 valence electrons. The van der Waals surface area contributed by atoms with Crippen LogP contribution in [0.1, 0.15) is 298 Å². The lowest BCUT2D eigenvalue weighted by atomic mass is 9.99. The molecule has 0 amide bonds. The van der Waals surface area contributed by atoms with Crippen LogP contribution in [0.5, 0.6) is 0 Å². The summed E-state index contributed by atoms with van der Waals surface area (Å²) in [6.45, 7) is 13.8. The zero-order chi connectivity index (χ0) is 44.9. The summed E-state index contributed by atoms with van der Waals surface area (Å²) in [4.78, 5) is 38.0. The highest BCUT2D eigenvalue weighted by Gasteiger charge is 2.19. The maximum Gasteiger partial charge on any atom is 0.306 e. The van der Waals surface area contributed by atoms with Crippen molar-refractivity contribution in [2.75, 3.05) is 13.2 Å². The van der Waals surface area contributed by atoms with Crippen molar-refractivity contribution in [3.63, 3.8) is 0 Å². The highest BCUT2D eigenvalue weighted by molar-refractivity contribution is 5.71. The van der Waals surface area contributed by atoms with Crippen LogP contribution in [0.4, 0.5) is 0 Å². The summed E-state index contributed by atoms with van der Waals surface area (Å²) in [5, 5.41) is 0. The van der Waals surface area contributed by atoms with Crippen molar-refractivity contribution in [3.05, 3.63) is 0 Å². The van der Waals surface area contributed by atoms with E-state index in [1.165, 1.54) is 180 Å². The van der Waals surface area contributed by atoms with Gasteiger partial charge >= 0.3 is 17.9 Å². The molecule has 2 unspecified atom stereocenters. The third-order valence-electron chi connectivity index (χ3n) is 13.1. The second-order valence-corrected chi connectivity index (χ2v) is 19.8. The van der Waals surface area contributed by atoms with Gasteiger partial charge in [-0.05, 0) is 37.0 Å². The Labute approximate surface area is 380 Å². The van der Waals surface area contributed by atoms with E-state index in [1.54, 1.807) is 0 Å². The summed E-state index contributed by atoms with van der Waals surface area (Å²) in [6.07, 6.45) is 46.5. The maximum atomic E-state index is 12.8. The van der Waals surface area contributed by atoms with Crippen molar-refractivity contribution in [3.8, 4) is 0 Å². The minimum Gasteiger partial charge on any atom is -0.462 e. The molecule has 0 radical (unpaired) electrons. The summed E-state index contributed by atoms with van der Waals surface area (Å²) in [5.74, 6) is 1.71. The quantitative estimate of drug-likeness (QED) is 0.0344. The van der Waals surface area contributed by atoms with Crippen molar-refractivity contribution in [1.82, 2.24) is 0 Å². The van der Waals surface area contributed by atoms with Crippen LogP contribution in [-0.4, -0.2) is 37.2 Å². The standard InChI is InChI=1S/C55H106O6/c1-7-50(5)42-36-30-24-18-15-16-19-26-32-38-44-53(56)59-47-52(48-60-54(57)45-39-33-27-22-21-25-31-37-43-51(6)8-2)61-55(58)46-40-34-28-20-14-12-10-9-11-13-17-23-29-35-41-49(3)4/h49-52H,7-48H2,1-6H3/t50?,51?,52-/m1/s1. The Hall–Kier alpha value is -1.59. The summed E-state index contributed by atoms with van der Waals surface area (Å²) >= 11 is 0. The summed E-state index contributed by atoms with van der Waals surface area (Å²) in [7, 11) is 0. The monoisotopic (exact) mass is 863 g/mol. The molecule has 0 saturated heterocycles. The third kappa shape index (κ3) is 46.2. The molecule has 0 aromatic heterocycles. The van der Waals surface area contributed by atoms with Gasteiger partial charge in [-0.2, -0.15) is 0 Å². The van der Waals surface area contributed by atoms with E-state index < -0.39 is 6.10 Å². The van der Waals surface area contributed by atoms with Gasteiger partial charge in [0.1, 0.15) is 13.2 Å². The predicted molar refractivity (Wildman–Crippen MR) is 261 cm³/mol. The fraction of sp³-hybridized carbons (Fsp3) is 0.945. The van der Waals surface area contributed by atoms with Gasteiger partial charge < -0.3 is 14.2 Å². The number of carbonyl (C=O) groups excluding carboxylic acids is 3. The van der Waals surface area contributed by atoms with Crippen LogP contribution in [0.3, 0.4) is 0 Å². The number of hydrogen-bond donors (Lipinski definition) is 0. The first-order valence-corrected chi connectivity index (χ1v) is 27.2. The fourth-order valence-electron chi connectivity index (χ4n) is 8.23. The molecule has 0 aliphatic carbocycles. The van der Waals surface area contributed by atoms with Gasteiger partial charge in [-0.3, -0.25) is 14.4 Å². The molecule has 0 aliphatic heterocycles. The number of hydrogen-bond acceptors (Lipinski definition) is 6. The second kappa shape index (κ2) is 46.4. The van der Waals surface area contributed by atoms with Gasteiger partial charge in [0.25, 0.3) is 0 Å². The zero-order valence-electron chi connectivity index (χ0n) is 42.0. The largest absolute Gasteiger partial charge is 0.462 e. The van der Waals surface area contributed by atoms with Gasteiger partial charge in [-0.25, -0.2) is 0 Å². The van der Waals surface area contributed by atoms with Crippen LogP contribution >= 0.6 is 0 Å². The molecular formula is C55H106O6. The van der Waals surface area contributed by atoms with E-state index in [4.69, 9.17) is 14.2 Å². The number of carbonyl (C=O) groups is 3. The minimum absolute atomic E-state index is 0.0646. The van der Waals surface area contributed by atoms with Gasteiger partial charge in [-0.15, -0.1) is 0 Å². The SMILES string of the molecule is CCC(C)CCCCCCCCCCCCC(=O)OC[C@H](COC(=O)CCCCCCCCCCC(C)CC)OC(=O)CCCCCCCCCCCCCCCCC(C)C. The van der Waals surface area contributed by atoms with E-state index in [1.807, 2.05) is 0 Å². The van der Waals surface area contributed by atoms with E-state index in [-0.39, 0.29) is 31.1 Å². The number of unbranched alkanes of at least 4 members (excludes halogenated alkanes) is 29. The van der Waals surface area contributed by atoms with Crippen molar-refractivity contribution < 1.29 is 28.6 Å². The highest BCUT2D eigenvalue weighted by atomic mass is 16.6. The first-order valence-electron chi connectivity index (χ1n) is 27.2. The normalized spacial score (nSPS) is 13.0. The number of esters is 3. The van der Waals surface area contributed by atoms with E-state index in [0.717, 1.165) is 75.5 Å². The van der Waals surface area contributed by atoms with Crippen LogP contribution < -0.4 is 0 Å². The Kier molecular flexibility index (Phi) is 45.2. The van der Waals surface area contributed by atoms with Crippen molar-refractivity contribution in [1.29, 1.82) is 0 Å². The van der Waals surface area contributed by atoms with Crippen LogP contribution in [0.25, 0.3) is 0 Å². The first-order chi connectivity index (χ1) is 29.7. The Morgan fingerprint density at radius 2 is 0.574 bits per heavy atom. The lowest BCUT2D eigenvalue weighted by molar-refractivity contribution is -0.167. The molecule has 61 heavy (non-hydrogen) atoms. The maximum absolute atomic E-state index is 12.8. The lowest BCUT2D eigenvalue weighted by Crippen LogP contribution is -2.30. The molecule has 0 spiro atoms. The van der Waals surface area contributed by atoms with E-state index in [2.05, 4.69) is 41.5 Å². The Morgan fingerprint density at radius 3 is 0.852 bits per heavy atom. The van der Waals surface area contributed by atoms with Gasteiger partial charge in [0.15, 0.2) is 6.10 Å². The summed E-state index contributed by atoms with van der Waals surface area (Å²) in [5.41, 5.74) is 0. The first kappa shape index (κ1) is 59.4. The molecule has 6 nitrogen and oxygen atoms in total. The zero-order valence-corrected chi connectivity index (χ0v) is 42.0. The van der Waals surface area contributed by atoms with E-state index >= 15 is 0 Å². The highest BCUT2D eigenvalue weighted by Crippen LogP contribution is 2.19. The topological polar surface area (TPSA) is 78.9 Å². The molecule has 0 aliphatic rings. The predicted octanol–water partition coefficient (Wildman–Crippen LogP) is 17.6. The summed E-state index contributed by atoms with van der Waals surface area (Å²) < 4.78 is 16.8. The Bertz CT molecular complexity index is 949. The lowest BCUT2D eigenvalue weighted by Gasteiger charge is -2.18. The molecule has 0 aromatic carbocycles. The van der Waals surface area contributed by atoms with Crippen molar-refractivity contribution >= 4 is 17.9 Å². The fourth-order valence-corrected chi connectivity index (χ4v) is 8.23. The van der Waals surface area contributed by atoms with Crippen LogP contribution in [0.15, 0.2) is 0 Å². The smallest absolute Gasteiger partial charge is 0.306 e. The molecule has 0 saturated carbocycles. The van der Waals surface area contributed by atoms with Crippen molar-refractivity contribution in [2.24, 2.45) is 17.8 Å².